The number of carbonyl (C=O) groups is 1. The Labute approximate surface area is 242 Å². The van der Waals surface area contributed by atoms with Crippen LogP contribution in [0.25, 0.3) is 5.65 Å². The Morgan fingerprint density at radius 2 is 1.98 bits per heavy atom. The van der Waals surface area contributed by atoms with Crippen molar-refractivity contribution in [2.75, 3.05) is 24.5 Å². The van der Waals surface area contributed by atoms with Gasteiger partial charge in [0, 0.05) is 44.1 Å². The zero-order valence-electron chi connectivity index (χ0n) is 24.1. The first-order chi connectivity index (χ1) is 20.0. The van der Waals surface area contributed by atoms with Gasteiger partial charge in [-0.15, -0.1) is 13.2 Å². The van der Waals surface area contributed by atoms with E-state index in [4.69, 9.17) is 0 Å². The van der Waals surface area contributed by atoms with Crippen molar-refractivity contribution < 1.29 is 27.1 Å². The molecule has 11 heteroatoms. The third kappa shape index (κ3) is 7.51. The molecule has 7 nitrogen and oxygen atoms in total. The van der Waals surface area contributed by atoms with E-state index >= 15 is 4.39 Å². The molecule has 1 aliphatic rings. The summed E-state index contributed by atoms with van der Waals surface area (Å²) >= 11 is 0. The molecule has 3 heterocycles. The Morgan fingerprint density at radius 1 is 1.19 bits per heavy atom. The summed E-state index contributed by atoms with van der Waals surface area (Å²) in [6, 6.07) is 8.71. The van der Waals surface area contributed by atoms with Crippen LogP contribution >= 0.6 is 0 Å². The van der Waals surface area contributed by atoms with Crippen molar-refractivity contribution in [2.24, 2.45) is 0 Å². The number of nitrogens with one attached hydrogen (secondary N) is 1. The molecule has 1 aromatic carbocycles. The number of benzene rings is 1. The Kier molecular flexibility index (Phi) is 9.59. The number of hydrogen-bond donors (Lipinski definition) is 1. The van der Waals surface area contributed by atoms with E-state index in [-0.39, 0.29) is 18.5 Å². The van der Waals surface area contributed by atoms with Gasteiger partial charge in [0.1, 0.15) is 17.2 Å². The fourth-order valence-electron chi connectivity index (χ4n) is 5.02. The number of hydrogen-bond acceptors (Lipinski definition) is 5. The second kappa shape index (κ2) is 13.1. The summed E-state index contributed by atoms with van der Waals surface area (Å²) in [6.45, 7) is 9.43. The second-order valence-corrected chi connectivity index (χ2v) is 10.2. The summed E-state index contributed by atoms with van der Waals surface area (Å²) < 4.78 is 57.6. The topological polar surface area (TPSA) is 62.1 Å². The molecule has 1 atom stereocenters. The van der Waals surface area contributed by atoms with Crippen molar-refractivity contribution in [1.82, 2.24) is 19.6 Å². The number of alkyl halides is 3. The highest BCUT2D eigenvalue weighted by atomic mass is 19.4. The maximum atomic E-state index is 15.3. The van der Waals surface area contributed by atoms with Crippen LogP contribution in [0.2, 0.25) is 0 Å². The Morgan fingerprint density at radius 3 is 2.67 bits per heavy atom. The van der Waals surface area contributed by atoms with Crippen LogP contribution in [-0.4, -0.2) is 52.2 Å². The predicted octanol–water partition coefficient (Wildman–Crippen LogP) is 6.43. The minimum absolute atomic E-state index is 0.0423. The number of rotatable bonds is 9. The van der Waals surface area contributed by atoms with Crippen molar-refractivity contribution in [3.05, 3.63) is 101 Å². The van der Waals surface area contributed by atoms with Crippen LogP contribution in [0.1, 0.15) is 47.6 Å². The molecular weight excluding hydrogens is 550 g/mol. The number of imidazole rings is 1. The highest BCUT2D eigenvalue weighted by molar-refractivity contribution is 5.94. The first kappa shape index (κ1) is 30.7. The quantitative estimate of drug-likeness (QED) is 0.178. The summed E-state index contributed by atoms with van der Waals surface area (Å²) in [7, 11) is 0. The number of aryl methyl sites for hydroxylation is 2. The average molecular weight is 586 g/mol. The zero-order valence-corrected chi connectivity index (χ0v) is 24.1. The number of piperazine rings is 1. The molecule has 0 aliphatic carbocycles. The van der Waals surface area contributed by atoms with Crippen LogP contribution in [0.5, 0.6) is 0 Å². The largest absolute Gasteiger partial charge is 0.572 e. The van der Waals surface area contributed by atoms with Gasteiger partial charge in [-0.05, 0) is 80.8 Å². The van der Waals surface area contributed by atoms with Gasteiger partial charge in [-0.25, -0.2) is 9.37 Å². The van der Waals surface area contributed by atoms with Crippen molar-refractivity contribution in [2.45, 2.75) is 53.1 Å². The molecular formula is C31H35F4N5O2. The summed E-state index contributed by atoms with van der Waals surface area (Å²) in [4.78, 5) is 21.5. The van der Waals surface area contributed by atoms with E-state index < -0.39 is 12.2 Å². The van der Waals surface area contributed by atoms with E-state index in [0.717, 1.165) is 17.7 Å². The molecule has 1 aliphatic heterocycles. The number of ether oxygens (including phenoxy) is 1. The zero-order chi connectivity index (χ0) is 30.4. The maximum absolute atomic E-state index is 15.3. The molecule has 1 saturated heterocycles. The van der Waals surface area contributed by atoms with Gasteiger partial charge in [-0.3, -0.25) is 9.20 Å². The summed E-state index contributed by atoms with van der Waals surface area (Å²) in [6.07, 6.45) is 5.04. The van der Waals surface area contributed by atoms with Gasteiger partial charge < -0.3 is 19.9 Å². The van der Waals surface area contributed by atoms with Crippen LogP contribution in [0.4, 0.5) is 23.2 Å². The fourth-order valence-corrected chi connectivity index (χ4v) is 5.02. The highest BCUT2D eigenvalue weighted by Gasteiger charge is 2.29. The van der Waals surface area contributed by atoms with E-state index in [2.05, 4.69) is 19.9 Å². The lowest BCUT2D eigenvalue weighted by Gasteiger charge is -2.43. The smallest absolute Gasteiger partial charge is 0.414 e. The number of pyridine rings is 1. The number of fused-ring (bicyclic) bond motifs is 1. The van der Waals surface area contributed by atoms with Crippen molar-refractivity contribution in [1.29, 1.82) is 0 Å². The van der Waals surface area contributed by atoms with Gasteiger partial charge in [0.2, 0.25) is 0 Å². The second-order valence-electron chi connectivity index (χ2n) is 10.2. The number of nitrogens with zero attached hydrogens (tertiary/aromatic N) is 4. The van der Waals surface area contributed by atoms with Gasteiger partial charge in [-0.1, -0.05) is 19.1 Å². The molecule has 0 radical (unpaired) electrons. The van der Waals surface area contributed by atoms with E-state index in [1.54, 1.807) is 29.5 Å². The molecule has 0 spiro atoms. The number of allylic oxidation sites excluding steroid dienone is 4. The highest BCUT2D eigenvalue weighted by Crippen LogP contribution is 2.26. The number of amides is 1. The standard InChI is InChI=1S/C31H35F4N5O2/c1-5-6-8-25(9-7-16-42-31(33,34)35)39-15-14-38(20-22(39)3)27-11-10-24(18-26(27)32)19-36-30(41)29-23(4)37-28-17-21(2)12-13-40(28)29/h6-13,16-18,22H,5,14-15,19-20H2,1-4H3,(H,36,41)/b8-6-,16-7+,25-9+/t22-/m0/s1. The lowest BCUT2D eigenvalue weighted by molar-refractivity contribution is -0.298. The number of aromatic nitrogens is 2. The number of carbonyl (C=O) groups excluding carboxylic acids is 1. The summed E-state index contributed by atoms with van der Waals surface area (Å²) in [5.74, 6) is -0.684. The van der Waals surface area contributed by atoms with Crippen LogP contribution in [0, 0.1) is 19.7 Å². The van der Waals surface area contributed by atoms with Gasteiger partial charge in [-0.2, -0.15) is 0 Å². The van der Waals surface area contributed by atoms with Crippen molar-refractivity contribution >= 4 is 17.2 Å². The van der Waals surface area contributed by atoms with E-state index in [9.17, 15) is 18.0 Å². The molecule has 0 bridgehead atoms. The summed E-state index contributed by atoms with van der Waals surface area (Å²) in [5.41, 5.74) is 4.62. The monoisotopic (exact) mass is 585 g/mol. The molecule has 0 unspecified atom stereocenters. The lowest BCUT2D eigenvalue weighted by Crippen LogP contribution is -2.51. The fraction of sp³-hybridized carbons (Fsp3) is 0.355. The number of halogens is 4. The van der Waals surface area contributed by atoms with Crippen LogP contribution in [0.3, 0.4) is 0 Å². The van der Waals surface area contributed by atoms with Gasteiger partial charge in [0.15, 0.2) is 0 Å². The van der Waals surface area contributed by atoms with Crippen molar-refractivity contribution in [3.8, 4) is 0 Å². The molecule has 0 saturated carbocycles. The van der Waals surface area contributed by atoms with Gasteiger partial charge in [0.25, 0.3) is 5.91 Å². The minimum Gasteiger partial charge on any atom is -0.414 e. The van der Waals surface area contributed by atoms with Crippen LogP contribution < -0.4 is 10.2 Å². The molecule has 3 aromatic rings. The first-order valence-corrected chi connectivity index (χ1v) is 13.8. The normalized spacial score (nSPS) is 16.7. The van der Waals surface area contributed by atoms with Crippen LogP contribution in [0.15, 0.2) is 72.8 Å². The Hall–Kier alpha value is -4.28. The van der Waals surface area contributed by atoms with E-state index in [1.807, 2.05) is 56.2 Å². The average Bonchev–Trinajstić information content (AvgIpc) is 3.25. The van der Waals surface area contributed by atoms with Crippen LogP contribution in [-0.2, 0) is 11.3 Å². The Balaban J connectivity index is 1.40. The molecule has 1 amide bonds. The van der Waals surface area contributed by atoms with Gasteiger partial charge in [0.05, 0.1) is 17.6 Å². The van der Waals surface area contributed by atoms with Gasteiger partial charge >= 0.3 is 6.36 Å². The van der Waals surface area contributed by atoms with E-state index in [1.165, 1.54) is 12.1 Å². The third-order valence-electron chi connectivity index (χ3n) is 7.01. The molecule has 224 valence electrons. The first-order valence-electron chi connectivity index (χ1n) is 13.8. The SMILES string of the molecule is CC\C=C/C(=C\C=C\OC(F)(F)F)N1CCN(c2ccc(CNC(=O)c3c(C)nc4cc(C)ccn34)cc2F)C[C@@H]1C. The third-order valence-corrected chi connectivity index (χ3v) is 7.01. The molecule has 4 rings (SSSR count). The van der Waals surface area contributed by atoms with E-state index in [0.29, 0.717) is 54.2 Å². The lowest BCUT2D eigenvalue weighted by atomic mass is 10.1. The summed E-state index contributed by atoms with van der Waals surface area (Å²) in [5, 5.41) is 2.87. The molecule has 42 heavy (non-hydrogen) atoms. The molecule has 2 aromatic heterocycles. The van der Waals surface area contributed by atoms with Crippen molar-refractivity contribution in [3.63, 3.8) is 0 Å². The minimum atomic E-state index is -4.73. The molecule has 1 N–H and O–H groups in total. The Bertz CT molecular complexity index is 1510. The predicted molar refractivity (Wildman–Crippen MR) is 154 cm³/mol. The maximum Gasteiger partial charge on any atom is 0.572 e. The molecule has 1 fully saturated rings. The number of anilines is 1.